The highest BCUT2D eigenvalue weighted by atomic mass is 79.9. The van der Waals surface area contributed by atoms with Crippen molar-refractivity contribution < 1.29 is 0 Å². The van der Waals surface area contributed by atoms with Gasteiger partial charge in [-0.15, -0.1) is 10.2 Å². The average Bonchev–Trinajstić information content (AvgIpc) is 2.47. The summed E-state index contributed by atoms with van der Waals surface area (Å²) in [4.78, 5) is 0. The molecule has 0 N–H and O–H groups in total. The number of rotatable bonds is 5. The monoisotopic (exact) mass is 232 g/mol. The maximum atomic E-state index is 3.87. The lowest BCUT2D eigenvalue weighted by Crippen LogP contribution is -2.10. The van der Waals surface area contributed by atoms with E-state index in [0.717, 1.165) is 12.8 Å². The van der Waals surface area contributed by atoms with Gasteiger partial charge in [0.15, 0.2) is 0 Å². The van der Waals surface area contributed by atoms with E-state index in [-0.39, 0.29) is 0 Å². The van der Waals surface area contributed by atoms with Crippen LogP contribution in [0.15, 0.2) is 20.7 Å². The molecule has 0 fully saturated rings. The Morgan fingerprint density at radius 1 is 1.08 bits per heavy atom. The normalized spacial score (nSPS) is 18.8. The molecule has 1 aliphatic rings. The third kappa shape index (κ3) is 2.97. The quantitative estimate of drug-likeness (QED) is 0.393. The van der Waals surface area contributed by atoms with Crippen LogP contribution >= 0.6 is 15.9 Å². The van der Waals surface area contributed by atoms with Crippen molar-refractivity contribution in [1.29, 1.82) is 0 Å². The zero-order valence-electron chi connectivity index (χ0n) is 7.20. The minimum atomic E-state index is -0.527. The second kappa shape index (κ2) is 4.64. The molecule has 4 nitrogen and oxygen atoms in total. The lowest BCUT2D eigenvalue weighted by Gasteiger charge is -2.09. The van der Waals surface area contributed by atoms with Crippen molar-refractivity contribution in [3.05, 3.63) is 0 Å². The van der Waals surface area contributed by atoms with Crippen LogP contribution in [0.2, 0.25) is 0 Å². The Labute approximate surface area is 80.7 Å². The minimum Gasteiger partial charge on any atom is -0.123 e. The fourth-order valence-electron chi connectivity index (χ4n) is 1.07. The summed E-state index contributed by atoms with van der Waals surface area (Å²) in [7, 11) is 0. The van der Waals surface area contributed by atoms with E-state index in [9.17, 15) is 0 Å². The number of halogens is 1. The van der Waals surface area contributed by atoms with Crippen molar-refractivity contribution >= 4 is 15.9 Å². The smallest absolute Gasteiger partial charge is 0.123 e. The molecule has 1 rings (SSSR count). The van der Waals surface area contributed by atoms with Crippen LogP contribution in [0.3, 0.4) is 0 Å². The maximum Gasteiger partial charge on any atom is 0.248 e. The first kappa shape index (κ1) is 9.77. The topological polar surface area (TPSA) is 49.4 Å². The van der Waals surface area contributed by atoms with Gasteiger partial charge in [0.1, 0.15) is 0 Å². The summed E-state index contributed by atoms with van der Waals surface area (Å²) in [5.74, 6) is 0. The molecular weight excluding hydrogens is 220 g/mol. The van der Waals surface area contributed by atoms with Crippen LogP contribution < -0.4 is 0 Å². The van der Waals surface area contributed by atoms with Crippen LogP contribution in [0.5, 0.6) is 0 Å². The number of hydrogen-bond donors (Lipinski definition) is 0. The molecule has 5 heteroatoms. The van der Waals surface area contributed by atoms with Crippen molar-refractivity contribution in [2.75, 3.05) is 0 Å². The van der Waals surface area contributed by atoms with Crippen molar-refractivity contribution in [1.82, 2.24) is 0 Å². The summed E-state index contributed by atoms with van der Waals surface area (Å²) in [5.41, 5.74) is 0. The summed E-state index contributed by atoms with van der Waals surface area (Å²) in [6, 6.07) is 0. The van der Waals surface area contributed by atoms with Gasteiger partial charge < -0.3 is 0 Å². The summed E-state index contributed by atoms with van der Waals surface area (Å²) in [6.07, 6.45) is 5.77. The predicted octanol–water partition coefficient (Wildman–Crippen LogP) is 3.84. The lowest BCUT2D eigenvalue weighted by molar-refractivity contribution is 0.533. The van der Waals surface area contributed by atoms with E-state index in [4.69, 9.17) is 0 Å². The lowest BCUT2D eigenvalue weighted by atomic mass is 10.1. The third-order valence-corrected chi connectivity index (χ3v) is 2.50. The molecule has 1 heterocycles. The van der Waals surface area contributed by atoms with Crippen LogP contribution in [0.4, 0.5) is 0 Å². The van der Waals surface area contributed by atoms with Gasteiger partial charge in [-0.1, -0.05) is 26.2 Å². The summed E-state index contributed by atoms with van der Waals surface area (Å²) in [6.45, 7) is 2.19. The molecule has 0 unspecified atom stereocenters. The SMILES string of the molecule is CCCCCCC1(Br)N=NN=N1. The first-order valence-corrected chi connectivity index (χ1v) is 5.09. The zero-order chi connectivity index (χ0) is 8.86. The first-order valence-electron chi connectivity index (χ1n) is 4.30. The molecule has 0 spiro atoms. The van der Waals surface area contributed by atoms with E-state index in [0.29, 0.717) is 0 Å². The number of alkyl halides is 1. The Balaban J connectivity index is 2.14. The molecule has 0 aromatic heterocycles. The number of unbranched alkanes of at least 4 members (excludes halogenated alkanes) is 3. The van der Waals surface area contributed by atoms with Crippen molar-refractivity contribution in [2.24, 2.45) is 20.7 Å². The largest absolute Gasteiger partial charge is 0.248 e. The fraction of sp³-hybridized carbons (Fsp3) is 1.00. The molecule has 0 aliphatic carbocycles. The highest BCUT2D eigenvalue weighted by Gasteiger charge is 2.27. The molecule has 68 valence electrons. The molecule has 0 saturated heterocycles. The predicted molar refractivity (Wildman–Crippen MR) is 50.1 cm³/mol. The van der Waals surface area contributed by atoms with Gasteiger partial charge in [0.2, 0.25) is 4.57 Å². The van der Waals surface area contributed by atoms with E-state index in [1.807, 2.05) is 0 Å². The van der Waals surface area contributed by atoms with E-state index >= 15 is 0 Å². The van der Waals surface area contributed by atoms with Crippen LogP contribution in [-0.2, 0) is 0 Å². The van der Waals surface area contributed by atoms with Gasteiger partial charge in [-0.25, -0.2) is 0 Å². The molecule has 0 atom stereocenters. The van der Waals surface area contributed by atoms with Gasteiger partial charge in [0.25, 0.3) is 0 Å². The van der Waals surface area contributed by atoms with Crippen LogP contribution in [-0.4, -0.2) is 4.57 Å². The first-order chi connectivity index (χ1) is 5.77. The van der Waals surface area contributed by atoms with Crippen LogP contribution in [0.1, 0.15) is 39.0 Å². The van der Waals surface area contributed by atoms with Gasteiger partial charge in [-0.3, -0.25) is 0 Å². The maximum absolute atomic E-state index is 3.87. The Morgan fingerprint density at radius 3 is 2.33 bits per heavy atom. The van der Waals surface area contributed by atoms with E-state index < -0.39 is 4.57 Å². The molecule has 0 aromatic carbocycles. The van der Waals surface area contributed by atoms with Gasteiger partial charge >= 0.3 is 0 Å². The van der Waals surface area contributed by atoms with Crippen molar-refractivity contribution in [3.63, 3.8) is 0 Å². The summed E-state index contributed by atoms with van der Waals surface area (Å²) >= 11 is 3.38. The second-order valence-electron chi connectivity index (χ2n) is 2.91. The van der Waals surface area contributed by atoms with Crippen LogP contribution in [0, 0.1) is 0 Å². The van der Waals surface area contributed by atoms with E-state index in [1.165, 1.54) is 19.3 Å². The van der Waals surface area contributed by atoms with E-state index in [2.05, 4.69) is 43.5 Å². The zero-order valence-corrected chi connectivity index (χ0v) is 8.79. The molecule has 12 heavy (non-hydrogen) atoms. The molecular formula is C7H13BrN4. The third-order valence-electron chi connectivity index (χ3n) is 1.78. The standard InChI is InChI=1S/C7H13BrN4/c1-2-3-4-5-6-7(8)9-11-12-10-7/h2-6H2,1H3. The molecule has 0 amide bonds. The Hall–Kier alpha value is -0.320. The second-order valence-corrected chi connectivity index (χ2v) is 4.18. The Kier molecular flexibility index (Phi) is 3.78. The van der Waals surface area contributed by atoms with Gasteiger partial charge in [0, 0.05) is 6.42 Å². The molecule has 0 bridgehead atoms. The molecule has 0 radical (unpaired) electrons. The van der Waals surface area contributed by atoms with Crippen molar-refractivity contribution in [2.45, 2.75) is 43.6 Å². The van der Waals surface area contributed by atoms with Crippen LogP contribution in [0.25, 0.3) is 0 Å². The number of hydrogen-bond acceptors (Lipinski definition) is 4. The Bertz CT molecular complexity index is 178. The van der Waals surface area contributed by atoms with Gasteiger partial charge in [-0.05, 0) is 32.8 Å². The Morgan fingerprint density at radius 2 is 1.75 bits per heavy atom. The minimum absolute atomic E-state index is 0.527. The summed E-state index contributed by atoms with van der Waals surface area (Å²) in [5, 5.41) is 14.7. The van der Waals surface area contributed by atoms with Crippen molar-refractivity contribution in [3.8, 4) is 0 Å². The van der Waals surface area contributed by atoms with E-state index in [1.54, 1.807) is 0 Å². The highest BCUT2D eigenvalue weighted by Crippen LogP contribution is 2.32. The number of nitrogens with zero attached hydrogens (tertiary/aromatic N) is 4. The summed E-state index contributed by atoms with van der Waals surface area (Å²) < 4.78 is -0.527. The van der Waals surface area contributed by atoms with Gasteiger partial charge in [0.05, 0.1) is 0 Å². The average molecular weight is 233 g/mol. The highest BCUT2D eigenvalue weighted by molar-refractivity contribution is 9.10. The molecule has 0 aromatic rings. The van der Waals surface area contributed by atoms with Gasteiger partial charge in [-0.2, -0.15) is 0 Å². The molecule has 0 saturated carbocycles. The fourth-order valence-corrected chi connectivity index (χ4v) is 1.50. The molecule has 1 aliphatic heterocycles.